The number of carbonyl (C=O) groups is 3. The number of nitrogens with one attached hydrogen (secondary N) is 2. The third-order valence-corrected chi connectivity index (χ3v) is 6.51. The Morgan fingerprint density at radius 1 is 0.974 bits per heavy atom. The van der Waals surface area contributed by atoms with Crippen molar-refractivity contribution in [1.29, 1.82) is 0 Å². The maximum Gasteiger partial charge on any atom is 0.245 e. The molecule has 8 heteroatoms. The molecule has 0 aromatic heterocycles. The van der Waals surface area contributed by atoms with Crippen LogP contribution in [0.1, 0.15) is 36.1 Å². The van der Waals surface area contributed by atoms with Gasteiger partial charge in [0.05, 0.1) is 12.5 Å². The Kier molecular flexibility index (Phi) is 8.31. The van der Waals surface area contributed by atoms with Gasteiger partial charge in [0.25, 0.3) is 0 Å². The molecule has 3 atom stereocenters. The topological polar surface area (TPSA) is 78.5 Å². The minimum atomic E-state index is -0.976. The number of hydrogen-bond donors (Lipinski definition) is 2. The van der Waals surface area contributed by atoms with Crippen LogP contribution in [0.4, 0.5) is 8.78 Å². The summed E-state index contributed by atoms with van der Waals surface area (Å²) < 4.78 is 26.9. The molecule has 196 valence electrons. The lowest BCUT2D eigenvalue weighted by atomic mass is 9.96. The van der Waals surface area contributed by atoms with Crippen LogP contribution in [0.25, 0.3) is 5.57 Å². The van der Waals surface area contributed by atoms with E-state index in [4.69, 9.17) is 0 Å². The number of rotatable bonds is 7. The molecule has 1 aliphatic heterocycles. The van der Waals surface area contributed by atoms with Crippen molar-refractivity contribution in [3.8, 4) is 0 Å². The Hall–Kier alpha value is -4.33. The fourth-order valence-electron chi connectivity index (χ4n) is 4.56. The standard InChI is InChI=1S/C30H29F2N3O3/c1-19(33-28(36)15-20-13-24(31)18-25(32)14-20)29(37)34-26-16-23(21-9-5-3-6-10-21)17-27(35(2)30(26)38)22-11-7-4-8-12-22/h3-14,17-19,26-27H,15-16H2,1-2H3,(H,33,36)(H,34,37)/t19-,26-,27-/m0/s1. The van der Waals surface area contributed by atoms with Gasteiger partial charge in [0.1, 0.15) is 23.7 Å². The summed E-state index contributed by atoms with van der Waals surface area (Å²) >= 11 is 0. The highest BCUT2D eigenvalue weighted by Crippen LogP contribution is 2.32. The summed E-state index contributed by atoms with van der Waals surface area (Å²) in [4.78, 5) is 40.6. The highest BCUT2D eigenvalue weighted by molar-refractivity contribution is 5.94. The molecule has 0 radical (unpaired) electrons. The summed E-state index contributed by atoms with van der Waals surface area (Å²) in [7, 11) is 1.70. The Labute approximate surface area is 220 Å². The minimum Gasteiger partial charge on any atom is -0.344 e. The van der Waals surface area contributed by atoms with Crippen molar-refractivity contribution in [2.75, 3.05) is 7.05 Å². The van der Waals surface area contributed by atoms with Crippen LogP contribution in [0.2, 0.25) is 0 Å². The molecule has 2 N–H and O–H groups in total. The molecule has 1 aliphatic rings. The second-order valence-electron chi connectivity index (χ2n) is 9.37. The molecule has 3 amide bonds. The van der Waals surface area contributed by atoms with Crippen LogP contribution in [0.15, 0.2) is 84.9 Å². The lowest BCUT2D eigenvalue weighted by Crippen LogP contribution is -2.53. The van der Waals surface area contributed by atoms with Crippen molar-refractivity contribution >= 4 is 23.3 Å². The molecule has 3 aromatic rings. The van der Waals surface area contributed by atoms with Crippen LogP contribution in [-0.4, -0.2) is 41.8 Å². The molecule has 0 saturated carbocycles. The van der Waals surface area contributed by atoms with E-state index < -0.39 is 35.5 Å². The Bertz CT molecular complexity index is 1330. The molecular formula is C30H29F2N3O3. The second-order valence-corrected chi connectivity index (χ2v) is 9.37. The number of halogens is 2. The van der Waals surface area contributed by atoms with E-state index in [0.717, 1.165) is 34.9 Å². The maximum absolute atomic E-state index is 13.5. The maximum atomic E-state index is 13.5. The molecule has 0 spiro atoms. The van der Waals surface area contributed by atoms with Crippen LogP contribution < -0.4 is 10.6 Å². The number of hydrogen-bond acceptors (Lipinski definition) is 3. The van der Waals surface area contributed by atoms with Crippen LogP contribution in [0.3, 0.4) is 0 Å². The summed E-state index contributed by atoms with van der Waals surface area (Å²) in [5, 5.41) is 5.33. The Balaban J connectivity index is 1.50. The highest BCUT2D eigenvalue weighted by atomic mass is 19.1. The zero-order valence-corrected chi connectivity index (χ0v) is 21.2. The lowest BCUT2D eigenvalue weighted by Gasteiger charge is -2.28. The third kappa shape index (κ3) is 6.51. The normalized spacial score (nSPS) is 18.3. The molecule has 4 rings (SSSR count). The molecule has 0 fully saturated rings. The second kappa shape index (κ2) is 11.8. The number of nitrogens with zero attached hydrogens (tertiary/aromatic N) is 1. The number of carbonyl (C=O) groups excluding carboxylic acids is 3. The predicted molar refractivity (Wildman–Crippen MR) is 141 cm³/mol. The van der Waals surface area contributed by atoms with Crippen LogP contribution in [0.5, 0.6) is 0 Å². The largest absolute Gasteiger partial charge is 0.344 e. The smallest absolute Gasteiger partial charge is 0.245 e. The van der Waals surface area contributed by atoms with Gasteiger partial charge >= 0.3 is 0 Å². The molecule has 38 heavy (non-hydrogen) atoms. The van der Waals surface area contributed by atoms with Crippen LogP contribution in [0, 0.1) is 11.6 Å². The third-order valence-electron chi connectivity index (χ3n) is 6.51. The van der Waals surface area contributed by atoms with E-state index in [1.54, 1.807) is 11.9 Å². The summed E-state index contributed by atoms with van der Waals surface area (Å²) in [6.07, 6.45) is 2.01. The molecule has 3 aromatic carbocycles. The zero-order valence-electron chi connectivity index (χ0n) is 21.2. The summed E-state index contributed by atoms with van der Waals surface area (Å²) in [5.74, 6) is -2.95. The molecule has 0 aliphatic carbocycles. The zero-order chi connectivity index (χ0) is 27.2. The van der Waals surface area contributed by atoms with E-state index in [2.05, 4.69) is 10.6 Å². The Morgan fingerprint density at radius 2 is 1.58 bits per heavy atom. The van der Waals surface area contributed by atoms with E-state index in [9.17, 15) is 23.2 Å². The first-order chi connectivity index (χ1) is 18.2. The van der Waals surface area contributed by atoms with E-state index in [1.165, 1.54) is 6.92 Å². The molecular weight excluding hydrogens is 488 g/mol. The van der Waals surface area contributed by atoms with E-state index in [1.807, 2.05) is 66.7 Å². The number of amides is 3. The van der Waals surface area contributed by atoms with Gasteiger partial charge in [0, 0.05) is 19.5 Å². The van der Waals surface area contributed by atoms with E-state index >= 15 is 0 Å². The lowest BCUT2D eigenvalue weighted by molar-refractivity contribution is -0.136. The van der Waals surface area contributed by atoms with Crippen molar-refractivity contribution in [3.05, 3.63) is 113 Å². The summed E-state index contributed by atoms with van der Waals surface area (Å²) in [6, 6.07) is 20.0. The first-order valence-corrected chi connectivity index (χ1v) is 12.3. The summed E-state index contributed by atoms with van der Waals surface area (Å²) in [6.45, 7) is 1.49. The van der Waals surface area contributed by atoms with Crippen LogP contribution >= 0.6 is 0 Å². The van der Waals surface area contributed by atoms with Gasteiger partial charge in [-0.15, -0.1) is 0 Å². The van der Waals surface area contributed by atoms with Crippen molar-refractivity contribution in [3.63, 3.8) is 0 Å². The SMILES string of the molecule is C[C@H](NC(=O)Cc1cc(F)cc(F)c1)C(=O)N[C@H]1CC(c2ccccc2)=C[C@@H](c2ccccc2)N(C)C1=O. The van der Waals surface area contributed by atoms with E-state index in [0.29, 0.717) is 0 Å². The van der Waals surface area contributed by atoms with Gasteiger partial charge in [-0.25, -0.2) is 8.78 Å². The minimum absolute atomic E-state index is 0.151. The van der Waals surface area contributed by atoms with Gasteiger partial charge in [0.2, 0.25) is 17.7 Å². The van der Waals surface area contributed by atoms with Crippen molar-refractivity contribution in [2.24, 2.45) is 0 Å². The molecule has 6 nitrogen and oxygen atoms in total. The first-order valence-electron chi connectivity index (χ1n) is 12.3. The highest BCUT2D eigenvalue weighted by Gasteiger charge is 2.33. The average molecular weight is 518 g/mol. The van der Waals surface area contributed by atoms with Gasteiger partial charge in [-0.3, -0.25) is 14.4 Å². The summed E-state index contributed by atoms with van der Waals surface area (Å²) in [5.41, 5.74) is 2.95. The molecule has 0 saturated heterocycles. The van der Waals surface area contributed by atoms with Crippen molar-refractivity contribution < 1.29 is 23.2 Å². The van der Waals surface area contributed by atoms with E-state index in [-0.39, 0.29) is 30.4 Å². The number of likely N-dealkylation sites (N-methyl/N-ethyl adjacent to an activating group) is 1. The van der Waals surface area contributed by atoms with Gasteiger partial charge in [-0.1, -0.05) is 66.7 Å². The van der Waals surface area contributed by atoms with Crippen molar-refractivity contribution in [1.82, 2.24) is 15.5 Å². The fraction of sp³-hybridized carbons (Fsp3) is 0.233. The van der Waals surface area contributed by atoms with Gasteiger partial charge < -0.3 is 15.5 Å². The molecule has 0 bridgehead atoms. The Morgan fingerprint density at radius 3 is 2.21 bits per heavy atom. The predicted octanol–water partition coefficient (Wildman–Crippen LogP) is 4.18. The van der Waals surface area contributed by atoms with Gasteiger partial charge in [0.15, 0.2) is 0 Å². The average Bonchev–Trinajstić information content (AvgIpc) is 3.01. The van der Waals surface area contributed by atoms with Crippen LogP contribution in [-0.2, 0) is 20.8 Å². The molecule has 0 unspecified atom stereocenters. The number of benzene rings is 3. The van der Waals surface area contributed by atoms with Crippen molar-refractivity contribution in [2.45, 2.75) is 37.9 Å². The fourth-order valence-corrected chi connectivity index (χ4v) is 4.56. The van der Waals surface area contributed by atoms with Gasteiger partial charge in [-0.2, -0.15) is 0 Å². The quantitative estimate of drug-likeness (QED) is 0.494. The first kappa shape index (κ1) is 26.7. The monoisotopic (exact) mass is 517 g/mol. The molecule has 1 heterocycles. The van der Waals surface area contributed by atoms with Gasteiger partial charge in [-0.05, 0) is 41.3 Å².